The molecule has 1 aromatic heterocycles. The first-order valence-corrected chi connectivity index (χ1v) is 17.4. The van der Waals surface area contributed by atoms with E-state index in [0.717, 1.165) is 29.7 Å². The molecule has 2 N–H and O–H groups in total. The van der Waals surface area contributed by atoms with E-state index in [1.165, 1.54) is 11.3 Å². The number of aliphatic hydroxyl groups excluding tert-OH is 1. The summed E-state index contributed by atoms with van der Waals surface area (Å²) < 4.78 is 17.9. The van der Waals surface area contributed by atoms with Crippen molar-refractivity contribution < 1.29 is 28.9 Å². The molecule has 3 aliphatic rings. The van der Waals surface area contributed by atoms with Crippen LogP contribution in [0.3, 0.4) is 0 Å². The van der Waals surface area contributed by atoms with Gasteiger partial charge in [0.25, 0.3) is 0 Å². The molecule has 0 radical (unpaired) electrons. The molecule has 4 rings (SSSR count). The van der Waals surface area contributed by atoms with E-state index in [0.29, 0.717) is 50.1 Å². The maximum absolute atomic E-state index is 13.9. The van der Waals surface area contributed by atoms with Crippen molar-refractivity contribution in [1.82, 2.24) is 0 Å². The van der Waals surface area contributed by atoms with Gasteiger partial charge in [-0.15, -0.1) is 11.3 Å². The Morgan fingerprint density at radius 1 is 1.31 bits per heavy atom. The molecule has 7 atom stereocenters. The van der Waals surface area contributed by atoms with Crippen LogP contribution in [-0.4, -0.2) is 53.7 Å². The van der Waals surface area contributed by atoms with Crippen molar-refractivity contribution in [3.05, 3.63) is 39.6 Å². The van der Waals surface area contributed by atoms with Crippen LogP contribution in [0.4, 0.5) is 5.69 Å². The van der Waals surface area contributed by atoms with Gasteiger partial charge in [0.05, 0.1) is 18.4 Å². The van der Waals surface area contributed by atoms with Crippen molar-refractivity contribution in [2.24, 2.45) is 17.3 Å². The minimum atomic E-state index is -2.62. The maximum atomic E-state index is 13.9. The number of carbonyl (C=O) groups excluding carboxylic acids is 1. The molecule has 39 heavy (non-hydrogen) atoms. The number of nitrogens with zero attached hydrogens (tertiary/aromatic N) is 1. The second-order valence-corrected chi connectivity index (χ2v) is 15.7. The normalized spacial score (nSPS) is 31.7. The molecule has 7 nitrogen and oxygen atoms in total. The number of hydrogen-bond donors (Lipinski definition) is 2. The zero-order valence-corrected chi connectivity index (χ0v) is 25.6. The van der Waals surface area contributed by atoms with Crippen LogP contribution in [0, 0.1) is 17.3 Å². The van der Waals surface area contributed by atoms with Gasteiger partial charge in [0.1, 0.15) is 4.88 Å². The van der Waals surface area contributed by atoms with Gasteiger partial charge in [-0.05, 0) is 70.8 Å². The number of hydrogen-bond acceptors (Lipinski definition) is 6. The van der Waals surface area contributed by atoms with Gasteiger partial charge in [-0.3, -0.25) is 9.36 Å². The first kappa shape index (κ1) is 30.2. The number of aromatic carboxylic acids is 1. The third-order valence-corrected chi connectivity index (χ3v) is 12.2. The summed E-state index contributed by atoms with van der Waals surface area (Å²) in [6.45, 7) is 10.2. The molecular weight excluding hydrogens is 533 g/mol. The number of amides is 1. The van der Waals surface area contributed by atoms with Crippen LogP contribution >= 0.6 is 18.7 Å². The van der Waals surface area contributed by atoms with Crippen LogP contribution in [0.2, 0.25) is 0 Å². The SMILES string of the molecule is C/C=C(\C=C/[C@H](C)c1cc(N2C(=O)[C@@H]3CC[C@@H](C)CC34C[C@@H](O)CC[C@H]24)c(C(=O)O)s1)CCP(C)(=O)OCC. The van der Waals surface area contributed by atoms with E-state index in [1.54, 1.807) is 6.66 Å². The molecule has 1 spiro atoms. The van der Waals surface area contributed by atoms with Crippen molar-refractivity contribution >= 4 is 36.3 Å². The molecular formula is C30H44NO6PS. The van der Waals surface area contributed by atoms with Crippen LogP contribution in [0.1, 0.15) is 93.1 Å². The summed E-state index contributed by atoms with van der Waals surface area (Å²) in [4.78, 5) is 29.3. The predicted octanol–water partition coefficient (Wildman–Crippen LogP) is 7.07. The van der Waals surface area contributed by atoms with E-state index < -0.39 is 19.4 Å². The lowest BCUT2D eigenvalue weighted by atomic mass is 9.56. The smallest absolute Gasteiger partial charge is 0.348 e. The maximum Gasteiger partial charge on any atom is 0.348 e. The van der Waals surface area contributed by atoms with Crippen molar-refractivity contribution in [1.29, 1.82) is 0 Å². The third kappa shape index (κ3) is 6.14. The molecule has 1 aromatic rings. The summed E-state index contributed by atoms with van der Waals surface area (Å²) >= 11 is 1.24. The second kappa shape index (κ2) is 12.0. The van der Waals surface area contributed by atoms with E-state index >= 15 is 0 Å². The quantitative estimate of drug-likeness (QED) is 0.228. The number of rotatable bonds is 10. The molecule has 1 saturated heterocycles. The van der Waals surface area contributed by atoms with Crippen LogP contribution in [0.25, 0.3) is 0 Å². The Labute approximate surface area is 236 Å². The van der Waals surface area contributed by atoms with Crippen molar-refractivity contribution in [2.75, 3.05) is 24.3 Å². The van der Waals surface area contributed by atoms with Crippen molar-refractivity contribution in [3.8, 4) is 0 Å². The first-order chi connectivity index (χ1) is 18.4. The fourth-order valence-electron chi connectivity index (χ4n) is 7.22. The highest BCUT2D eigenvalue weighted by Gasteiger charge is 2.62. The number of carbonyl (C=O) groups is 2. The summed E-state index contributed by atoms with van der Waals surface area (Å²) in [5.41, 5.74) is 1.29. The lowest BCUT2D eigenvalue weighted by molar-refractivity contribution is -0.124. The van der Waals surface area contributed by atoms with E-state index in [2.05, 4.69) is 6.92 Å². The van der Waals surface area contributed by atoms with Crippen LogP contribution < -0.4 is 4.90 Å². The number of anilines is 1. The van der Waals surface area contributed by atoms with Gasteiger partial charge in [0.15, 0.2) is 0 Å². The fourth-order valence-corrected chi connectivity index (χ4v) is 9.58. The zero-order chi connectivity index (χ0) is 28.5. The summed E-state index contributed by atoms with van der Waals surface area (Å²) in [5.74, 6) is -0.703. The molecule has 216 valence electrons. The van der Waals surface area contributed by atoms with Gasteiger partial charge in [0.2, 0.25) is 13.3 Å². The molecule has 0 bridgehead atoms. The Kier molecular flexibility index (Phi) is 9.32. The summed E-state index contributed by atoms with van der Waals surface area (Å²) in [7, 11) is -2.62. The van der Waals surface area contributed by atoms with Crippen LogP contribution in [-0.2, 0) is 13.9 Å². The second-order valence-electron chi connectivity index (χ2n) is 11.9. The van der Waals surface area contributed by atoms with Crippen molar-refractivity contribution in [3.63, 3.8) is 0 Å². The Morgan fingerprint density at radius 2 is 2.05 bits per heavy atom. The van der Waals surface area contributed by atoms with E-state index in [-0.39, 0.29) is 34.1 Å². The third-order valence-electron chi connectivity index (χ3n) is 9.08. The molecule has 2 heterocycles. The zero-order valence-electron chi connectivity index (χ0n) is 23.9. The molecule has 1 amide bonds. The van der Waals surface area contributed by atoms with Gasteiger partial charge in [-0.25, -0.2) is 4.79 Å². The number of allylic oxidation sites excluding steroid dienone is 4. The van der Waals surface area contributed by atoms with Crippen molar-refractivity contribution in [2.45, 2.75) is 90.7 Å². The number of aliphatic hydroxyl groups is 1. The monoisotopic (exact) mass is 577 g/mol. The Morgan fingerprint density at radius 3 is 2.72 bits per heavy atom. The minimum Gasteiger partial charge on any atom is -0.477 e. The lowest BCUT2D eigenvalue weighted by Crippen LogP contribution is -2.49. The van der Waals surface area contributed by atoms with Gasteiger partial charge >= 0.3 is 5.97 Å². The topological polar surface area (TPSA) is 104 Å². The molecule has 9 heteroatoms. The predicted molar refractivity (Wildman–Crippen MR) is 157 cm³/mol. The average Bonchev–Trinajstić information content (AvgIpc) is 3.40. The molecule has 1 aliphatic heterocycles. The number of carboxylic acid groups (broad SMARTS) is 1. The number of thiophene rings is 1. The van der Waals surface area contributed by atoms with Gasteiger partial charge in [0, 0.05) is 41.0 Å². The summed E-state index contributed by atoms with van der Waals surface area (Å²) in [5, 5.41) is 20.8. The standard InChI is InChI=1S/C30H44NO6PS/c1-6-21(14-15-38(5,36)37-7-2)10-9-20(4)25-16-24(27(39-25)29(34)35)31-26-13-11-22(32)18-30(26)17-19(3)8-12-23(30)28(31)33/h6,9-10,16,19-20,22-23,26,32H,7-8,11-15,17-18H2,1-5H3,(H,34,35)/b10-9-,21-6+/t19-,20+,22+,23+,26+,30?,38?/m1/s1. The average molecular weight is 578 g/mol. The lowest BCUT2D eigenvalue weighted by Gasteiger charge is -2.49. The van der Waals surface area contributed by atoms with Gasteiger partial charge < -0.3 is 19.6 Å². The summed E-state index contributed by atoms with van der Waals surface area (Å²) in [6, 6.07) is 1.84. The van der Waals surface area contributed by atoms with Crippen LogP contribution in [0.15, 0.2) is 29.9 Å². The van der Waals surface area contributed by atoms with E-state index in [4.69, 9.17) is 4.52 Å². The fraction of sp³-hybridized carbons (Fsp3) is 0.667. The molecule has 0 aromatic carbocycles. The molecule has 2 unspecified atom stereocenters. The Bertz CT molecular complexity index is 1180. The first-order valence-electron chi connectivity index (χ1n) is 14.3. The highest BCUT2D eigenvalue weighted by Crippen LogP contribution is 2.60. The molecule has 2 saturated carbocycles. The molecule has 2 aliphatic carbocycles. The Balaban J connectivity index is 1.60. The minimum absolute atomic E-state index is 0.0329. The van der Waals surface area contributed by atoms with Gasteiger partial charge in [-0.1, -0.05) is 37.6 Å². The van der Waals surface area contributed by atoms with E-state index in [9.17, 15) is 24.4 Å². The summed E-state index contributed by atoms with van der Waals surface area (Å²) in [6.07, 6.45) is 11.4. The Hall–Kier alpha value is -1.73. The highest BCUT2D eigenvalue weighted by atomic mass is 32.1. The largest absolute Gasteiger partial charge is 0.477 e. The van der Waals surface area contributed by atoms with Gasteiger partial charge in [-0.2, -0.15) is 0 Å². The molecule has 3 fully saturated rings. The highest BCUT2D eigenvalue weighted by molar-refractivity contribution is 7.58. The van der Waals surface area contributed by atoms with Crippen LogP contribution in [0.5, 0.6) is 0 Å². The number of carboxylic acids is 1. The van der Waals surface area contributed by atoms with E-state index in [1.807, 2.05) is 50.0 Å².